The Morgan fingerprint density at radius 1 is 1.29 bits per heavy atom. The summed E-state index contributed by atoms with van der Waals surface area (Å²) >= 11 is 3.03. The van der Waals surface area contributed by atoms with Crippen LogP contribution in [-0.4, -0.2) is 20.9 Å². The van der Waals surface area contributed by atoms with Crippen LogP contribution in [0.15, 0.2) is 45.3 Å². The van der Waals surface area contributed by atoms with Gasteiger partial charge >= 0.3 is 0 Å². The van der Waals surface area contributed by atoms with Crippen LogP contribution in [0.2, 0.25) is 0 Å². The van der Waals surface area contributed by atoms with Crippen molar-refractivity contribution in [3.63, 3.8) is 0 Å². The number of fused-ring (bicyclic) bond motifs is 1. The molecule has 0 spiro atoms. The fraction of sp³-hybridized carbons (Fsp3) is 0.250. The summed E-state index contributed by atoms with van der Waals surface area (Å²) in [6, 6.07) is 7.78. The lowest BCUT2D eigenvalue weighted by Gasteiger charge is -2.01. The molecule has 8 heteroatoms. The van der Waals surface area contributed by atoms with Crippen LogP contribution in [0, 0.1) is 6.92 Å². The summed E-state index contributed by atoms with van der Waals surface area (Å²) < 4.78 is 6.72. The van der Waals surface area contributed by atoms with Crippen molar-refractivity contribution in [3.05, 3.63) is 59.6 Å². The van der Waals surface area contributed by atoms with E-state index in [1.807, 2.05) is 31.2 Å². The van der Waals surface area contributed by atoms with E-state index in [2.05, 4.69) is 34.1 Å². The number of aromatic amines is 1. The van der Waals surface area contributed by atoms with Crippen LogP contribution in [0.5, 0.6) is 0 Å². The van der Waals surface area contributed by atoms with Crippen molar-refractivity contribution in [2.75, 3.05) is 5.32 Å². The van der Waals surface area contributed by atoms with E-state index in [0.29, 0.717) is 28.3 Å². The van der Waals surface area contributed by atoms with Gasteiger partial charge in [0.15, 0.2) is 5.13 Å². The molecule has 6 nitrogen and oxygen atoms in total. The number of para-hydroxylation sites is 1. The molecule has 0 atom stereocenters. The van der Waals surface area contributed by atoms with E-state index < -0.39 is 0 Å². The van der Waals surface area contributed by atoms with E-state index in [0.717, 1.165) is 26.6 Å². The maximum atomic E-state index is 12.8. The first-order chi connectivity index (χ1) is 13.5. The summed E-state index contributed by atoms with van der Waals surface area (Å²) in [5.74, 6) is 2.38. The van der Waals surface area contributed by atoms with E-state index in [9.17, 15) is 4.79 Å². The molecule has 0 aliphatic carbocycles. The second-order valence-electron chi connectivity index (χ2n) is 6.71. The SMILES string of the molecule is Cc1[nH]c2ccccc2c1C(=O)Nc1ncc(SCc2ncc(C(C)C)o2)s1. The molecule has 2 N–H and O–H groups in total. The van der Waals surface area contributed by atoms with Gasteiger partial charge in [-0.05, 0) is 13.0 Å². The predicted molar refractivity (Wildman–Crippen MR) is 113 cm³/mol. The van der Waals surface area contributed by atoms with Gasteiger partial charge < -0.3 is 9.40 Å². The van der Waals surface area contributed by atoms with Gasteiger partial charge in [-0.15, -0.1) is 11.8 Å². The maximum absolute atomic E-state index is 12.8. The number of oxazole rings is 1. The van der Waals surface area contributed by atoms with Crippen molar-refractivity contribution < 1.29 is 9.21 Å². The third-order valence-corrected chi connectivity index (χ3v) is 6.40. The molecule has 0 bridgehead atoms. The number of aromatic nitrogens is 3. The first-order valence-corrected chi connectivity index (χ1v) is 10.7. The van der Waals surface area contributed by atoms with E-state index in [1.165, 1.54) is 11.3 Å². The minimum atomic E-state index is -0.157. The van der Waals surface area contributed by atoms with Crippen molar-refractivity contribution in [2.45, 2.75) is 36.7 Å². The lowest BCUT2D eigenvalue weighted by Crippen LogP contribution is -2.12. The van der Waals surface area contributed by atoms with Crippen molar-refractivity contribution in [2.24, 2.45) is 0 Å². The lowest BCUT2D eigenvalue weighted by atomic mass is 10.1. The zero-order valence-electron chi connectivity index (χ0n) is 15.8. The second-order valence-corrected chi connectivity index (χ2v) is 9.02. The molecule has 0 fully saturated rings. The largest absolute Gasteiger partial charge is 0.445 e. The van der Waals surface area contributed by atoms with E-state index in [4.69, 9.17) is 4.42 Å². The van der Waals surface area contributed by atoms with Gasteiger partial charge in [0.25, 0.3) is 5.91 Å². The number of amides is 1. The normalized spacial score (nSPS) is 11.4. The highest BCUT2D eigenvalue weighted by atomic mass is 32.2. The average molecular weight is 413 g/mol. The molecule has 3 aromatic heterocycles. The number of thioether (sulfide) groups is 1. The van der Waals surface area contributed by atoms with Crippen molar-refractivity contribution in [1.29, 1.82) is 0 Å². The highest BCUT2D eigenvalue weighted by molar-refractivity contribution is 8.00. The minimum absolute atomic E-state index is 0.157. The second kappa shape index (κ2) is 7.81. The fourth-order valence-corrected chi connectivity index (χ4v) is 4.62. The van der Waals surface area contributed by atoms with Gasteiger partial charge in [0.1, 0.15) is 5.76 Å². The number of aryl methyl sites for hydroxylation is 1. The van der Waals surface area contributed by atoms with Crippen molar-refractivity contribution >= 4 is 45.0 Å². The fourth-order valence-electron chi connectivity index (χ4n) is 2.90. The number of rotatable bonds is 6. The lowest BCUT2D eigenvalue weighted by molar-refractivity contribution is 0.102. The van der Waals surface area contributed by atoms with Crippen LogP contribution in [0.3, 0.4) is 0 Å². The van der Waals surface area contributed by atoms with Crippen LogP contribution in [0.4, 0.5) is 5.13 Å². The Balaban J connectivity index is 1.42. The Bertz CT molecular complexity index is 1130. The monoisotopic (exact) mass is 412 g/mol. The number of carbonyl (C=O) groups excluding carboxylic acids is 1. The van der Waals surface area contributed by atoms with E-state index in [-0.39, 0.29) is 5.91 Å². The van der Waals surface area contributed by atoms with Crippen LogP contribution in [-0.2, 0) is 5.75 Å². The van der Waals surface area contributed by atoms with E-state index in [1.54, 1.807) is 24.2 Å². The van der Waals surface area contributed by atoms with Crippen molar-refractivity contribution in [3.8, 4) is 0 Å². The molecular formula is C20H20N4O2S2. The molecular weight excluding hydrogens is 392 g/mol. The summed E-state index contributed by atoms with van der Waals surface area (Å²) in [7, 11) is 0. The number of carbonyl (C=O) groups is 1. The Hall–Kier alpha value is -2.58. The standard InChI is InChI=1S/C20H20N4O2S2/c1-11(2)15-8-21-16(26-15)10-27-17-9-22-20(28-17)24-19(25)18-12(3)23-14-7-5-4-6-13(14)18/h4-9,11,23H,10H2,1-3H3,(H,22,24,25). The quantitative estimate of drug-likeness (QED) is 0.403. The van der Waals surface area contributed by atoms with Gasteiger partial charge in [0.2, 0.25) is 5.89 Å². The number of benzene rings is 1. The summed E-state index contributed by atoms with van der Waals surface area (Å²) in [6.07, 6.45) is 3.54. The number of hydrogen-bond acceptors (Lipinski definition) is 6. The maximum Gasteiger partial charge on any atom is 0.259 e. The Morgan fingerprint density at radius 2 is 2.11 bits per heavy atom. The zero-order chi connectivity index (χ0) is 19.7. The molecule has 1 amide bonds. The van der Waals surface area contributed by atoms with Crippen LogP contribution in [0.25, 0.3) is 10.9 Å². The molecule has 4 aromatic rings. The number of nitrogens with one attached hydrogen (secondary N) is 2. The molecule has 28 heavy (non-hydrogen) atoms. The molecule has 3 heterocycles. The summed E-state index contributed by atoms with van der Waals surface area (Å²) in [6.45, 7) is 6.05. The van der Waals surface area contributed by atoms with E-state index >= 15 is 0 Å². The van der Waals surface area contributed by atoms with Gasteiger partial charge in [0, 0.05) is 22.5 Å². The average Bonchev–Trinajstić information content (AvgIpc) is 3.37. The van der Waals surface area contributed by atoms with Crippen LogP contribution in [0.1, 0.15) is 47.5 Å². The minimum Gasteiger partial charge on any atom is -0.445 e. The highest BCUT2D eigenvalue weighted by Gasteiger charge is 2.17. The predicted octanol–water partition coefficient (Wildman–Crippen LogP) is 5.59. The molecule has 0 saturated heterocycles. The van der Waals surface area contributed by atoms with Gasteiger partial charge in [-0.3, -0.25) is 10.1 Å². The molecule has 0 saturated carbocycles. The smallest absolute Gasteiger partial charge is 0.259 e. The van der Waals surface area contributed by atoms with Gasteiger partial charge in [0.05, 0.1) is 27.9 Å². The van der Waals surface area contributed by atoms with Gasteiger partial charge in [-0.25, -0.2) is 9.97 Å². The van der Waals surface area contributed by atoms with Gasteiger partial charge in [-0.2, -0.15) is 0 Å². The Labute approximate surface area is 170 Å². The first-order valence-electron chi connectivity index (χ1n) is 8.93. The van der Waals surface area contributed by atoms with Crippen molar-refractivity contribution in [1.82, 2.24) is 15.0 Å². The molecule has 144 valence electrons. The third kappa shape index (κ3) is 3.83. The summed E-state index contributed by atoms with van der Waals surface area (Å²) in [4.78, 5) is 24.6. The molecule has 0 unspecified atom stereocenters. The topological polar surface area (TPSA) is 83.8 Å². The highest BCUT2D eigenvalue weighted by Crippen LogP contribution is 2.32. The Kier molecular flexibility index (Phi) is 5.23. The zero-order valence-corrected chi connectivity index (χ0v) is 17.4. The van der Waals surface area contributed by atoms with Crippen LogP contribution < -0.4 is 5.32 Å². The third-order valence-electron chi connectivity index (χ3n) is 4.30. The molecule has 4 rings (SSSR count). The van der Waals surface area contributed by atoms with Crippen LogP contribution >= 0.6 is 23.1 Å². The number of hydrogen-bond donors (Lipinski definition) is 2. The number of H-pyrrole nitrogens is 1. The summed E-state index contributed by atoms with van der Waals surface area (Å²) in [5, 5.41) is 4.40. The number of anilines is 1. The number of nitrogens with zero attached hydrogens (tertiary/aromatic N) is 2. The molecule has 0 radical (unpaired) electrons. The molecule has 1 aromatic carbocycles. The molecule has 0 aliphatic rings. The Morgan fingerprint density at radius 3 is 2.89 bits per heavy atom. The first kappa shape index (κ1) is 18.8. The van der Waals surface area contributed by atoms with Gasteiger partial charge in [-0.1, -0.05) is 43.4 Å². The molecule has 0 aliphatic heterocycles. The summed E-state index contributed by atoms with van der Waals surface area (Å²) in [5.41, 5.74) is 2.45. The number of thiazole rings is 1.